The minimum Gasteiger partial charge on any atom is -0.495 e. The van der Waals surface area contributed by atoms with Gasteiger partial charge in [-0.05, 0) is 81.3 Å². The predicted octanol–water partition coefficient (Wildman–Crippen LogP) is 5.08. The van der Waals surface area contributed by atoms with Crippen molar-refractivity contribution in [3.63, 3.8) is 0 Å². The minimum absolute atomic E-state index is 0.00714. The molecule has 2 atom stereocenters. The van der Waals surface area contributed by atoms with Gasteiger partial charge in [-0.1, -0.05) is 11.6 Å². The third kappa shape index (κ3) is 5.58. The third-order valence-corrected chi connectivity index (χ3v) is 9.23. The van der Waals surface area contributed by atoms with Crippen molar-refractivity contribution in [3.8, 4) is 22.8 Å². The van der Waals surface area contributed by atoms with Crippen LogP contribution >= 0.6 is 11.6 Å². The van der Waals surface area contributed by atoms with Crippen LogP contribution in [0.3, 0.4) is 0 Å². The number of nitrogens with zero attached hydrogens (tertiary/aromatic N) is 2. The number of carbonyl (C=O) groups is 2. The highest BCUT2D eigenvalue weighted by Gasteiger charge is 2.45. The van der Waals surface area contributed by atoms with Crippen molar-refractivity contribution in [2.75, 3.05) is 26.0 Å². The van der Waals surface area contributed by atoms with Crippen LogP contribution in [0.2, 0.25) is 5.02 Å². The maximum atomic E-state index is 15.4. The van der Waals surface area contributed by atoms with Crippen molar-refractivity contribution >= 4 is 35.3 Å². The molecule has 2 aromatic carbocycles. The molecule has 0 bridgehead atoms. The van der Waals surface area contributed by atoms with E-state index in [1.165, 1.54) is 19.2 Å². The van der Waals surface area contributed by atoms with Gasteiger partial charge in [0.25, 0.3) is 5.91 Å². The summed E-state index contributed by atoms with van der Waals surface area (Å²) in [5, 5.41) is 3.43. The molecule has 44 heavy (non-hydrogen) atoms. The summed E-state index contributed by atoms with van der Waals surface area (Å²) in [5.41, 5.74) is 14.5. The Morgan fingerprint density at radius 1 is 1.25 bits per heavy atom. The van der Waals surface area contributed by atoms with E-state index in [-0.39, 0.29) is 42.2 Å². The lowest BCUT2D eigenvalue weighted by Gasteiger charge is -2.22. The Labute approximate surface area is 260 Å². The van der Waals surface area contributed by atoms with E-state index in [4.69, 9.17) is 37.5 Å². The number of anilines is 1. The summed E-state index contributed by atoms with van der Waals surface area (Å²) >= 11 is 6.40. The van der Waals surface area contributed by atoms with Crippen LogP contribution in [0.1, 0.15) is 71.3 Å². The number of fused-ring (bicyclic) bond motifs is 1. The number of nitrogens with one attached hydrogen (secondary N) is 1. The highest BCUT2D eigenvalue weighted by atomic mass is 35.5. The average Bonchev–Trinajstić information content (AvgIpc) is 3.93. The number of ether oxygens (including phenoxy) is 2. The molecule has 1 aromatic heterocycles. The highest BCUT2D eigenvalue weighted by molar-refractivity contribution is 6.31. The minimum atomic E-state index is -1.14. The lowest BCUT2D eigenvalue weighted by Crippen LogP contribution is -2.40. The van der Waals surface area contributed by atoms with Gasteiger partial charge in [0.05, 0.1) is 18.8 Å². The van der Waals surface area contributed by atoms with Gasteiger partial charge in [0, 0.05) is 51.6 Å². The largest absolute Gasteiger partial charge is 0.495 e. The summed E-state index contributed by atoms with van der Waals surface area (Å²) in [7, 11) is 1.50. The second kappa shape index (κ2) is 11.4. The molecule has 2 fully saturated rings. The number of nitrogen functional groups attached to an aromatic ring is 1. The predicted molar refractivity (Wildman–Crippen MR) is 167 cm³/mol. The van der Waals surface area contributed by atoms with Crippen molar-refractivity contribution in [1.82, 2.24) is 10.3 Å². The molecule has 11 heteroatoms. The Kier molecular flexibility index (Phi) is 7.73. The molecule has 2 aliphatic carbocycles. The first-order valence-electron chi connectivity index (χ1n) is 14.7. The number of amides is 2. The third-order valence-electron chi connectivity index (χ3n) is 8.82. The van der Waals surface area contributed by atoms with E-state index in [1.807, 2.05) is 6.07 Å². The summed E-state index contributed by atoms with van der Waals surface area (Å²) in [5.74, 6) is -0.648. The fourth-order valence-corrected chi connectivity index (χ4v) is 5.75. The van der Waals surface area contributed by atoms with Gasteiger partial charge in [0.2, 0.25) is 5.91 Å². The van der Waals surface area contributed by atoms with Crippen LogP contribution in [-0.2, 0) is 10.2 Å². The van der Waals surface area contributed by atoms with Crippen molar-refractivity contribution in [2.45, 2.75) is 56.9 Å². The van der Waals surface area contributed by atoms with Gasteiger partial charge in [0.15, 0.2) is 0 Å². The second-order valence-corrected chi connectivity index (χ2v) is 12.6. The Morgan fingerprint density at radius 3 is 2.66 bits per heavy atom. The number of benzene rings is 2. The van der Waals surface area contributed by atoms with Crippen molar-refractivity contribution in [1.29, 1.82) is 0 Å². The zero-order valence-electron chi connectivity index (χ0n) is 24.9. The Hall–Kier alpha value is -4.18. The van der Waals surface area contributed by atoms with Gasteiger partial charge in [-0.25, -0.2) is 9.37 Å². The summed E-state index contributed by atoms with van der Waals surface area (Å²) in [4.78, 5) is 35.5. The van der Waals surface area contributed by atoms with Crippen LogP contribution in [0, 0.1) is 18.7 Å². The number of methoxy groups -OCH3 is 1. The Balaban J connectivity index is 1.35. The number of aryl methyl sites for hydroxylation is 1. The first-order chi connectivity index (χ1) is 21.0. The number of carbonyl (C=O) groups excluding carboxylic acids is 2. The first-order valence-corrected chi connectivity index (χ1v) is 15.1. The van der Waals surface area contributed by atoms with Crippen LogP contribution in [0.5, 0.6) is 11.5 Å². The quantitative estimate of drug-likeness (QED) is 0.213. The number of nitrogens with two attached hydrogens (primary N) is 2. The molecule has 0 radical (unpaired) electrons. The van der Waals surface area contributed by atoms with Gasteiger partial charge in [-0.2, -0.15) is 0 Å². The van der Waals surface area contributed by atoms with Crippen molar-refractivity contribution < 1.29 is 23.5 Å². The molecule has 3 aliphatic rings. The van der Waals surface area contributed by atoms with Gasteiger partial charge in [-0.15, -0.1) is 0 Å². The monoisotopic (exact) mass is 619 g/mol. The van der Waals surface area contributed by atoms with Crippen molar-refractivity contribution in [2.24, 2.45) is 16.6 Å². The molecule has 2 amide bonds. The molecule has 5 N–H and O–H groups in total. The number of pyridine rings is 1. The number of halogens is 2. The molecule has 3 aromatic rings. The molecular weight excluding hydrogens is 585 g/mol. The standard InChI is InChI=1S/C33H35ClFN5O4/c1-16-8-25(35)21(11-24(16)34)29-30-23(33(2,15-44-30)32(37)42)12-26(40-29)22(17-4-5-17)14-39-31(41)18-9-19(13-38-20-6-7-20)28(36)27(10-18)43-3/h8-13,17,20,22H,4-7,14-15,36H2,1-3H3,(H2,37,42)(H,39,41)/t22-,33-/m0/s1. The number of aliphatic imine (C=N–C) groups is 1. The summed E-state index contributed by atoms with van der Waals surface area (Å²) in [6, 6.07) is 8.30. The number of aromatic nitrogens is 1. The van der Waals surface area contributed by atoms with Crippen molar-refractivity contribution in [3.05, 3.63) is 69.1 Å². The topological polar surface area (TPSA) is 142 Å². The Bertz CT molecular complexity index is 1700. The van der Waals surface area contributed by atoms with E-state index in [9.17, 15) is 9.59 Å². The first kappa shape index (κ1) is 29.9. The van der Waals surface area contributed by atoms with Gasteiger partial charge >= 0.3 is 0 Å². The van der Waals surface area contributed by atoms with Crippen LogP contribution in [0.25, 0.3) is 11.3 Å². The van der Waals surface area contributed by atoms with E-state index < -0.39 is 17.1 Å². The second-order valence-electron chi connectivity index (χ2n) is 12.2. The Morgan fingerprint density at radius 2 is 2.00 bits per heavy atom. The smallest absolute Gasteiger partial charge is 0.251 e. The molecule has 230 valence electrons. The van der Waals surface area contributed by atoms with Gasteiger partial charge < -0.3 is 26.3 Å². The van der Waals surface area contributed by atoms with Crippen LogP contribution in [0.4, 0.5) is 10.1 Å². The zero-order chi connectivity index (χ0) is 31.3. The maximum Gasteiger partial charge on any atom is 0.251 e. The van der Waals surface area contributed by atoms with Crippen LogP contribution < -0.4 is 26.3 Å². The summed E-state index contributed by atoms with van der Waals surface area (Å²) in [6.07, 6.45) is 5.68. The molecule has 0 unspecified atom stereocenters. The molecule has 0 spiro atoms. The molecule has 2 saturated carbocycles. The number of hydrogen-bond donors (Lipinski definition) is 3. The number of rotatable bonds is 10. The highest BCUT2D eigenvalue weighted by Crippen LogP contribution is 2.49. The molecule has 6 rings (SSSR count). The van der Waals surface area contributed by atoms with E-state index in [2.05, 4.69) is 10.3 Å². The lowest BCUT2D eigenvalue weighted by atomic mass is 9.82. The van der Waals surface area contributed by atoms with Gasteiger partial charge in [0.1, 0.15) is 35.0 Å². The van der Waals surface area contributed by atoms with E-state index in [1.54, 1.807) is 32.2 Å². The lowest BCUT2D eigenvalue weighted by molar-refractivity contribution is -0.123. The summed E-state index contributed by atoms with van der Waals surface area (Å²) in [6.45, 7) is 3.70. The van der Waals surface area contributed by atoms with Crippen LogP contribution in [-0.4, -0.2) is 49.3 Å². The molecule has 0 saturated heterocycles. The summed E-state index contributed by atoms with van der Waals surface area (Å²) < 4.78 is 26.8. The molecule has 2 heterocycles. The maximum absolute atomic E-state index is 15.4. The SMILES string of the molecule is COc1cc(C(=O)NC[C@H](c2cc3c(c(-c4cc(Cl)c(C)cc4F)n2)OC[C@]3(C)C(N)=O)C2CC2)cc(C=NC2CC2)c1N. The number of hydrogen-bond acceptors (Lipinski definition) is 7. The molecule has 9 nitrogen and oxygen atoms in total. The normalized spacial score (nSPS) is 19.8. The molecular formula is C33H35ClFN5O4. The number of primary amides is 1. The van der Waals surface area contributed by atoms with Gasteiger partial charge in [-0.3, -0.25) is 14.6 Å². The fourth-order valence-electron chi connectivity index (χ4n) is 5.59. The zero-order valence-corrected chi connectivity index (χ0v) is 25.6. The molecule has 1 aliphatic heterocycles. The van der Waals surface area contributed by atoms with E-state index in [0.717, 1.165) is 25.7 Å². The van der Waals surface area contributed by atoms with E-state index >= 15 is 4.39 Å². The van der Waals surface area contributed by atoms with E-state index in [0.29, 0.717) is 56.2 Å². The fraction of sp³-hybridized carbons (Fsp3) is 0.394. The average molecular weight is 620 g/mol. The van der Waals surface area contributed by atoms with Crippen LogP contribution in [0.15, 0.2) is 35.3 Å².